The van der Waals surface area contributed by atoms with Gasteiger partial charge in [0.05, 0.1) is 12.7 Å². The molecule has 10 heteroatoms. The number of rotatable bonds is 42. The summed E-state index contributed by atoms with van der Waals surface area (Å²) in [5, 5.41) is 10.0. The first kappa shape index (κ1) is 55.0. The molecule has 0 saturated carbocycles. The van der Waals surface area contributed by atoms with Crippen LogP contribution in [-0.2, 0) is 28.2 Å². The van der Waals surface area contributed by atoms with Crippen LogP contribution in [0.15, 0.2) is 48.6 Å². The van der Waals surface area contributed by atoms with E-state index >= 15 is 0 Å². The summed E-state index contributed by atoms with van der Waals surface area (Å²) in [5.74, 6) is -0.985. The molecule has 0 amide bonds. The number of esters is 2. The largest absolute Gasteiger partial charge is 0.469 e. The third kappa shape index (κ3) is 44.9. The molecule has 0 heterocycles. The number of phosphoric ester groups is 1. The van der Waals surface area contributed by atoms with Crippen molar-refractivity contribution >= 4 is 19.8 Å². The number of unbranched alkanes of at least 4 members (excludes halogenated alkanes) is 24. The minimum absolute atomic E-state index is 0.158. The summed E-state index contributed by atoms with van der Waals surface area (Å²) in [6, 6.07) is 0. The number of aliphatic hydroxyl groups is 1. The van der Waals surface area contributed by atoms with Crippen LogP contribution in [0.4, 0.5) is 0 Å². The van der Waals surface area contributed by atoms with Gasteiger partial charge in [0.2, 0.25) is 0 Å². The van der Waals surface area contributed by atoms with Crippen molar-refractivity contribution in [2.45, 2.75) is 225 Å². The van der Waals surface area contributed by atoms with Crippen molar-refractivity contribution in [2.75, 3.05) is 13.2 Å². The van der Waals surface area contributed by atoms with Crippen LogP contribution < -0.4 is 0 Å². The summed E-state index contributed by atoms with van der Waals surface area (Å²) in [4.78, 5) is 42.9. The van der Waals surface area contributed by atoms with E-state index in [1.54, 1.807) is 6.08 Å². The van der Waals surface area contributed by atoms with E-state index in [1.807, 2.05) is 36.5 Å². The van der Waals surface area contributed by atoms with Crippen molar-refractivity contribution in [2.24, 2.45) is 0 Å². The molecule has 0 spiro atoms. The SMILES string of the molecule is CCCCC/C=C\C=C/[C@@H](O)C/C=C\C/C=C/CCCC(=O)OC[C@H](COP(=O)(O)O)OC(=O)CCCCCCCCCCCCCCCCCCCCCCC. The number of hydrogen-bond donors (Lipinski definition) is 3. The van der Waals surface area contributed by atoms with Gasteiger partial charge in [0.1, 0.15) is 6.61 Å². The highest BCUT2D eigenvalue weighted by Crippen LogP contribution is 2.36. The monoisotopic (exact) mass is 825 g/mol. The number of allylic oxidation sites excluding steroid dienone is 6. The number of ether oxygens (including phenoxy) is 2. The summed E-state index contributed by atoms with van der Waals surface area (Å²) < 4.78 is 26.4. The minimum atomic E-state index is -4.78. The van der Waals surface area contributed by atoms with Crippen LogP contribution >= 0.6 is 7.82 Å². The Balaban J connectivity index is 3.97. The van der Waals surface area contributed by atoms with Crippen molar-refractivity contribution < 1.29 is 43.0 Å². The van der Waals surface area contributed by atoms with Gasteiger partial charge in [-0.2, -0.15) is 0 Å². The topological polar surface area (TPSA) is 140 Å². The zero-order valence-corrected chi connectivity index (χ0v) is 37.2. The van der Waals surface area contributed by atoms with Crippen LogP contribution in [-0.4, -0.2) is 52.3 Å². The Bertz CT molecular complexity index is 1080. The first-order valence-corrected chi connectivity index (χ1v) is 24.6. The Morgan fingerprint density at radius 1 is 0.544 bits per heavy atom. The number of phosphoric acid groups is 1. The van der Waals surface area contributed by atoms with Gasteiger partial charge in [-0.1, -0.05) is 204 Å². The summed E-state index contributed by atoms with van der Waals surface area (Å²) in [5.41, 5.74) is 0. The fourth-order valence-electron chi connectivity index (χ4n) is 6.45. The molecule has 0 fully saturated rings. The van der Waals surface area contributed by atoms with Gasteiger partial charge in [0.15, 0.2) is 6.10 Å². The lowest BCUT2D eigenvalue weighted by atomic mass is 10.0. The first-order chi connectivity index (χ1) is 27.7. The van der Waals surface area contributed by atoms with Crippen LogP contribution in [0.1, 0.15) is 213 Å². The van der Waals surface area contributed by atoms with Crippen LogP contribution in [0.2, 0.25) is 0 Å². The van der Waals surface area contributed by atoms with Gasteiger partial charge in [0.25, 0.3) is 0 Å². The molecule has 0 radical (unpaired) electrons. The maximum Gasteiger partial charge on any atom is 0.469 e. The molecule has 0 aliphatic carbocycles. The second-order valence-electron chi connectivity index (χ2n) is 15.6. The lowest BCUT2D eigenvalue weighted by Gasteiger charge is -2.18. The van der Waals surface area contributed by atoms with Crippen LogP contribution in [0, 0.1) is 0 Å². The first-order valence-electron chi connectivity index (χ1n) is 23.0. The smallest absolute Gasteiger partial charge is 0.462 e. The zero-order chi connectivity index (χ0) is 41.9. The molecule has 0 bridgehead atoms. The summed E-state index contributed by atoms with van der Waals surface area (Å²) in [6.07, 6.45) is 48.7. The van der Waals surface area contributed by atoms with Gasteiger partial charge in [-0.25, -0.2) is 4.57 Å². The zero-order valence-electron chi connectivity index (χ0n) is 36.3. The molecule has 0 rings (SSSR count). The molecule has 0 saturated heterocycles. The van der Waals surface area contributed by atoms with Gasteiger partial charge in [-0.3, -0.25) is 14.1 Å². The highest BCUT2D eigenvalue weighted by atomic mass is 31.2. The number of carbonyl (C=O) groups is 2. The molecule has 57 heavy (non-hydrogen) atoms. The second kappa shape index (κ2) is 42.1. The lowest BCUT2D eigenvalue weighted by molar-refractivity contribution is -0.161. The molecule has 0 aliphatic heterocycles. The van der Waals surface area contributed by atoms with Crippen LogP contribution in [0.5, 0.6) is 0 Å². The molecular weight excluding hydrogens is 739 g/mol. The predicted molar refractivity (Wildman–Crippen MR) is 236 cm³/mol. The van der Waals surface area contributed by atoms with E-state index < -0.39 is 38.6 Å². The summed E-state index contributed by atoms with van der Waals surface area (Å²) in [6.45, 7) is 3.56. The highest BCUT2D eigenvalue weighted by molar-refractivity contribution is 7.46. The quantitative estimate of drug-likeness (QED) is 0.0180. The molecule has 0 aromatic heterocycles. The number of carbonyl (C=O) groups excluding carboxylic acids is 2. The molecule has 2 atom stereocenters. The average Bonchev–Trinajstić information content (AvgIpc) is 3.18. The Labute approximate surface area is 348 Å². The van der Waals surface area contributed by atoms with E-state index in [4.69, 9.17) is 19.3 Å². The summed E-state index contributed by atoms with van der Waals surface area (Å²) >= 11 is 0. The molecule has 0 aromatic rings. The molecule has 0 aliphatic rings. The van der Waals surface area contributed by atoms with Crippen molar-refractivity contribution in [1.29, 1.82) is 0 Å². The highest BCUT2D eigenvalue weighted by Gasteiger charge is 2.22. The van der Waals surface area contributed by atoms with Gasteiger partial charge >= 0.3 is 19.8 Å². The summed E-state index contributed by atoms with van der Waals surface area (Å²) in [7, 11) is -4.78. The maximum atomic E-state index is 12.4. The second-order valence-corrected chi connectivity index (χ2v) is 16.8. The standard InChI is InChI=1S/C47H85O9P/c1-3-5-7-9-11-12-13-14-15-16-17-18-19-20-21-22-23-24-28-33-37-41-47(50)56-45(43-55-57(51,52)53)42-54-46(49)40-36-32-29-25-27-31-35-39-44(48)38-34-30-26-10-8-6-4-2/h25-26,29-31,34-35,38,44-45,48H,3-24,27-28,32-33,36-37,39-43H2,1-2H3,(H2,51,52,53)/b29-25+,30-26-,35-31-,38-34-/t44-,45-/m1/s1. The fraction of sp³-hybridized carbons (Fsp3) is 0.787. The van der Waals surface area contributed by atoms with Gasteiger partial charge in [-0.05, 0) is 44.9 Å². The number of aliphatic hydroxyl groups excluding tert-OH is 1. The Hall–Kier alpha value is -2.03. The normalized spacial score (nSPS) is 13.4. The molecular formula is C47H85O9P. The lowest BCUT2D eigenvalue weighted by Crippen LogP contribution is -2.29. The van der Waals surface area contributed by atoms with E-state index in [9.17, 15) is 19.3 Å². The Kier molecular flexibility index (Phi) is 40.6. The van der Waals surface area contributed by atoms with E-state index in [-0.39, 0.29) is 19.4 Å². The molecule has 9 nitrogen and oxygen atoms in total. The van der Waals surface area contributed by atoms with Crippen LogP contribution in [0.3, 0.4) is 0 Å². The third-order valence-corrected chi connectivity index (χ3v) is 10.4. The predicted octanol–water partition coefficient (Wildman–Crippen LogP) is 13.3. The molecule has 0 unspecified atom stereocenters. The average molecular weight is 825 g/mol. The molecule has 3 N–H and O–H groups in total. The Morgan fingerprint density at radius 2 is 1.02 bits per heavy atom. The van der Waals surface area contributed by atoms with Crippen molar-refractivity contribution in [3.05, 3.63) is 48.6 Å². The van der Waals surface area contributed by atoms with Gasteiger partial charge in [-0.15, -0.1) is 0 Å². The van der Waals surface area contributed by atoms with Crippen molar-refractivity contribution in [3.8, 4) is 0 Å². The van der Waals surface area contributed by atoms with E-state index in [0.29, 0.717) is 25.7 Å². The molecule has 332 valence electrons. The van der Waals surface area contributed by atoms with E-state index in [1.165, 1.54) is 128 Å². The van der Waals surface area contributed by atoms with Gasteiger partial charge in [0, 0.05) is 12.8 Å². The third-order valence-electron chi connectivity index (χ3n) is 9.93. The number of hydrogen-bond acceptors (Lipinski definition) is 7. The van der Waals surface area contributed by atoms with Crippen LogP contribution in [0.25, 0.3) is 0 Å². The minimum Gasteiger partial charge on any atom is -0.462 e. The van der Waals surface area contributed by atoms with Crippen molar-refractivity contribution in [3.63, 3.8) is 0 Å². The van der Waals surface area contributed by atoms with E-state index in [2.05, 4.69) is 24.4 Å². The van der Waals surface area contributed by atoms with E-state index in [0.717, 1.165) is 32.1 Å². The van der Waals surface area contributed by atoms with Gasteiger partial charge < -0.3 is 24.4 Å². The Morgan fingerprint density at radius 3 is 1.56 bits per heavy atom. The fourth-order valence-corrected chi connectivity index (χ4v) is 6.81. The maximum absolute atomic E-state index is 12.4. The van der Waals surface area contributed by atoms with Crippen molar-refractivity contribution in [1.82, 2.24) is 0 Å². The molecule has 0 aromatic carbocycles.